The third kappa shape index (κ3) is 2.52. The summed E-state index contributed by atoms with van der Waals surface area (Å²) in [5.74, 6) is -0.298. The van der Waals surface area contributed by atoms with E-state index in [9.17, 15) is 14.7 Å². The van der Waals surface area contributed by atoms with Gasteiger partial charge in [-0.2, -0.15) is 0 Å². The zero-order valence-corrected chi connectivity index (χ0v) is 16.5. The van der Waals surface area contributed by atoms with E-state index in [1.807, 2.05) is 0 Å². The number of fused-ring (bicyclic) bond motifs is 2. The summed E-state index contributed by atoms with van der Waals surface area (Å²) in [6, 6.07) is 7.54. The third-order valence-electron chi connectivity index (χ3n) is 4.26. The molecule has 2 N–H and O–H groups in total. The van der Waals surface area contributed by atoms with Gasteiger partial charge in [-0.15, -0.1) is 0 Å². The van der Waals surface area contributed by atoms with Gasteiger partial charge in [0.25, 0.3) is 5.91 Å². The third-order valence-corrected chi connectivity index (χ3v) is 5.36. The number of hydrogen-bond acceptors (Lipinski definition) is 5. The Kier molecular flexibility index (Phi) is 4.04. The quantitative estimate of drug-likeness (QED) is 0.581. The predicted octanol–water partition coefficient (Wildman–Crippen LogP) is 3.87. The predicted molar refractivity (Wildman–Crippen MR) is 102 cm³/mol. The summed E-state index contributed by atoms with van der Waals surface area (Å²) >= 11 is 6.60. The average molecular weight is 481 g/mol. The van der Waals surface area contributed by atoms with E-state index in [2.05, 4.69) is 37.2 Å². The Balaban J connectivity index is 1.98. The van der Waals surface area contributed by atoms with E-state index in [0.29, 0.717) is 21.0 Å². The van der Waals surface area contributed by atoms with Crippen molar-refractivity contribution in [3.63, 3.8) is 0 Å². The molecule has 3 aromatic rings. The SMILES string of the molecule is COc1cc(C2NC(=O)c3oc4ccc(Br)cc4c(=O)c32)cc(Br)c1O. The fourth-order valence-electron chi connectivity index (χ4n) is 3.05. The summed E-state index contributed by atoms with van der Waals surface area (Å²) in [5.41, 5.74) is 0.881. The molecule has 1 aromatic heterocycles. The molecule has 6 nitrogen and oxygen atoms in total. The lowest BCUT2D eigenvalue weighted by Gasteiger charge is -2.15. The second kappa shape index (κ2) is 6.14. The fraction of sp³-hybridized carbons (Fsp3) is 0.111. The molecule has 1 aliphatic rings. The maximum Gasteiger partial charge on any atom is 0.288 e. The van der Waals surface area contributed by atoms with Crippen molar-refractivity contribution in [3.8, 4) is 11.5 Å². The van der Waals surface area contributed by atoms with Crippen LogP contribution in [0.3, 0.4) is 0 Å². The molecule has 1 amide bonds. The second-order valence-electron chi connectivity index (χ2n) is 5.77. The summed E-state index contributed by atoms with van der Waals surface area (Å²) in [7, 11) is 1.42. The molecule has 1 unspecified atom stereocenters. The first-order valence-corrected chi connectivity index (χ1v) is 9.13. The van der Waals surface area contributed by atoms with E-state index < -0.39 is 11.9 Å². The largest absolute Gasteiger partial charge is 0.503 e. The lowest BCUT2D eigenvalue weighted by atomic mass is 9.99. The van der Waals surface area contributed by atoms with Crippen molar-refractivity contribution in [2.45, 2.75) is 6.04 Å². The molecule has 4 rings (SSSR count). The number of carbonyl (C=O) groups is 1. The Bertz CT molecular complexity index is 1140. The normalized spacial score (nSPS) is 15.8. The zero-order valence-electron chi connectivity index (χ0n) is 13.3. The van der Waals surface area contributed by atoms with Crippen molar-refractivity contribution in [2.75, 3.05) is 7.11 Å². The molecule has 1 aliphatic heterocycles. The summed E-state index contributed by atoms with van der Waals surface area (Å²) in [5, 5.41) is 13.1. The van der Waals surface area contributed by atoms with E-state index in [4.69, 9.17) is 9.15 Å². The highest BCUT2D eigenvalue weighted by molar-refractivity contribution is 9.10. The summed E-state index contributed by atoms with van der Waals surface area (Å²) in [4.78, 5) is 25.4. The van der Waals surface area contributed by atoms with Gasteiger partial charge in [-0.25, -0.2) is 0 Å². The Morgan fingerprint density at radius 1 is 1.19 bits per heavy atom. The molecule has 0 saturated heterocycles. The van der Waals surface area contributed by atoms with Crippen LogP contribution in [0.1, 0.15) is 27.7 Å². The molecule has 0 saturated carbocycles. The molecule has 1 atom stereocenters. The standard InChI is InChI=1S/C18H11Br2NO5/c1-25-12-5-7(4-10(20)16(12)23)14-13-15(22)9-6-8(19)2-3-11(9)26-17(13)18(24)21-14/h2-6,14,23H,1H3,(H,21,24). The van der Waals surface area contributed by atoms with Gasteiger partial charge < -0.3 is 19.6 Å². The maximum atomic E-state index is 13.0. The van der Waals surface area contributed by atoms with E-state index >= 15 is 0 Å². The molecule has 26 heavy (non-hydrogen) atoms. The number of aromatic hydroxyl groups is 1. The van der Waals surface area contributed by atoms with E-state index in [-0.39, 0.29) is 28.3 Å². The van der Waals surface area contributed by atoms with Gasteiger partial charge in [0.05, 0.1) is 28.6 Å². The highest BCUT2D eigenvalue weighted by Crippen LogP contribution is 2.40. The van der Waals surface area contributed by atoms with E-state index in [1.54, 1.807) is 30.3 Å². The van der Waals surface area contributed by atoms with E-state index in [0.717, 1.165) is 4.47 Å². The molecular weight excluding hydrogens is 470 g/mol. The highest BCUT2D eigenvalue weighted by atomic mass is 79.9. The van der Waals surface area contributed by atoms with Crippen LogP contribution in [0.4, 0.5) is 0 Å². The number of methoxy groups -OCH3 is 1. The topological polar surface area (TPSA) is 88.8 Å². The summed E-state index contributed by atoms with van der Waals surface area (Å²) in [6.45, 7) is 0. The van der Waals surface area contributed by atoms with Crippen LogP contribution in [0.15, 0.2) is 48.5 Å². The van der Waals surface area contributed by atoms with Crippen molar-refractivity contribution >= 4 is 48.7 Å². The molecule has 0 bridgehead atoms. The van der Waals surface area contributed by atoms with Crippen LogP contribution < -0.4 is 15.5 Å². The summed E-state index contributed by atoms with van der Waals surface area (Å²) in [6.07, 6.45) is 0. The molecule has 0 spiro atoms. The maximum absolute atomic E-state index is 13.0. The number of nitrogens with one attached hydrogen (secondary N) is 1. The van der Waals surface area contributed by atoms with E-state index in [1.165, 1.54) is 7.11 Å². The molecule has 0 radical (unpaired) electrons. The Hall–Kier alpha value is -2.32. The molecule has 2 heterocycles. The number of phenols is 1. The molecule has 8 heteroatoms. The van der Waals surface area contributed by atoms with Crippen molar-refractivity contribution in [3.05, 3.63) is 66.4 Å². The van der Waals surface area contributed by atoms with Crippen molar-refractivity contribution in [2.24, 2.45) is 0 Å². The van der Waals surface area contributed by atoms with Gasteiger partial charge in [0.1, 0.15) is 5.58 Å². The minimum absolute atomic E-state index is 0.00186. The first-order chi connectivity index (χ1) is 12.4. The van der Waals surface area contributed by atoms with Crippen molar-refractivity contribution < 1.29 is 19.1 Å². The Morgan fingerprint density at radius 3 is 2.69 bits per heavy atom. The van der Waals surface area contributed by atoms with Gasteiger partial charge in [-0.1, -0.05) is 15.9 Å². The highest BCUT2D eigenvalue weighted by Gasteiger charge is 2.36. The first kappa shape index (κ1) is 17.1. The molecular formula is C18H11Br2NO5. The number of hydrogen-bond donors (Lipinski definition) is 2. The number of rotatable bonds is 2. The lowest BCUT2D eigenvalue weighted by molar-refractivity contribution is 0.0938. The number of phenolic OH excluding ortho intramolecular Hbond substituents is 1. The zero-order chi connectivity index (χ0) is 18.6. The first-order valence-electron chi connectivity index (χ1n) is 7.54. The monoisotopic (exact) mass is 479 g/mol. The van der Waals surface area contributed by atoms with Gasteiger partial charge in [0, 0.05) is 4.47 Å². The van der Waals surface area contributed by atoms with Crippen molar-refractivity contribution in [1.82, 2.24) is 5.32 Å². The van der Waals surface area contributed by atoms with Crippen LogP contribution in [-0.2, 0) is 0 Å². The van der Waals surface area contributed by atoms with Crippen molar-refractivity contribution in [1.29, 1.82) is 0 Å². The molecule has 0 fully saturated rings. The minimum atomic E-state index is -0.706. The van der Waals surface area contributed by atoms with Gasteiger partial charge in [0.2, 0.25) is 5.76 Å². The van der Waals surface area contributed by atoms with Crippen LogP contribution in [0, 0.1) is 0 Å². The molecule has 0 aliphatic carbocycles. The number of carbonyl (C=O) groups excluding carboxylic acids is 1. The van der Waals surface area contributed by atoms with Crippen LogP contribution in [0.2, 0.25) is 0 Å². The fourth-order valence-corrected chi connectivity index (χ4v) is 3.87. The number of amides is 1. The lowest BCUT2D eigenvalue weighted by Crippen LogP contribution is -2.22. The smallest absolute Gasteiger partial charge is 0.288 e. The van der Waals surface area contributed by atoms with Gasteiger partial charge in [0.15, 0.2) is 16.9 Å². The second-order valence-corrected chi connectivity index (χ2v) is 7.54. The Morgan fingerprint density at radius 2 is 1.96 bits per heavy atom. The number of benzene rings is 2. The van der Waals surface area contributed by atoms with Gasteiger partial charge >= 0.3 is 0 Å². The van der Waals surface area contributed by atoms with Crippen LogP contribution in [0.5, 0.6) is 11.5 Å². The number of halogens is 2. The summed E-state index contributed by atoms with van der Waals surface area (Å²) < 4.78 is 12.0. The van der Waals surface area contributed by atoms with Crippen LogP contribution in [-0.4, -0.2) is 18.1 Å². The molecule has 2 aromatic carbocycles. The number of ether oxygens (including phenoxy) is 1. The van der Waals surface area contributed by atoms with Gasteiger partial charge in [-0.05, 0) is 51.8 Å². The van der Waals surface area contributed by atoms with Crippen LogP contribution in [0.25, 0.3) is 11.0 Å². The van der Waals surface area contributed by atoms with Gasteiger partial charge in [-0.3, -0.25) is 9.59 Å². The molecule has 132 valence electrons. The van der Waals surface area contributed by atoms with Crippen LogP contribution >= 0.6 is 31.9 Å². The average Bonchev–Trinajstić information content (AvgIpc) is 2.95. The Labute approximate surface area is 164 Å². The minimum Gasteiger partial charge on any atom is -0.503 e.